The summed E-state index contributed by atoms with van der Waals surface area (Å²) in [6.07, 6.45) is 8.21. The molecule has 2 fully saturated rings. The van der Waals surface area contributed by atoms with Crippen molar-refractivity contribution in [3.63, 3.8) is 0 Å². The first-order valence-corrected chi connectivity index (χ1v) is 6.34. The van der Waals surface area contributed by atoms with Gasteiger partial charge in [0.15, 0.2) is 0 Å². The minimum atomic E-state index is 0.392. The van der Waals surface area contributed by atoms with Crippen molar-refractivity contribution < 1.29 is 9.53 Å². The van der Waals surface area contributed by atoms with Crippen molar-refractivity contribution in [2.24, 2.45) is 17.8 Å². The fourth-order valence-electron chi connectivity index (χ4n) is 2.88. The zero-order chi connectivity index (χ0) is 10.7. The molecule has 2 nitrogen and oxygen atoms in total. The maximum absolute atomic E-state index is 12.0. The van der Waals surface area contributed by atoms with E-state index in [4.69, 9.17) is 4.74 Å². The van der Waals surface area contributed by atoms with Crippen LogP contribution in [0.15, 0.2) is 0 Å². The van der Waals surface area contributed by atoms with Gasteiger partial charge in [-0.3, -0.25) is 4.79 Å². The molecule has 0 unspecified atom stereocenters. The summed E-state index contributed by atoms with van der Waals surface area (Å²) in [5.74, 6) is 2.12. The molecule has 0 saturated heterocycles. The maximum Gasteiger partial charge on any atom is 0.139 e. The lowest BCUT2D eigenvalue weighted by Crippen LogP contribution is -2.31. The largest absolute Gasteiger partial charge is 0.384 e. The van der Waals surface area contributed by atoms with Crippen LogP contribution in [0.4, 0.5) is 0 Å². The van der Waals surface area contributed by atoms with E-state index in [1.807, 2.05) is 0 Å². The van der Waals surface area contributed by atoms with Gasteiger partial charge >= 0.3 is 0 Å². The normalized spacial score (nSPS) is 32.3. The second-order valence-corrected chi connectivity index (χ2v) is 5.20. The van der Waals surface area contributed by atoms with Gasteiger partial charge in [-0.15, -0.1) is 0 Å². The number of Topliss-reactive ketones (excluding diaryl/α,β-unsaturated/α-hetero) is 1. The SMILES string of the molecule is COCC1CCC(C(=O)C2CCC2)CC1. The van der Waals surface area contributed by atoms with E-state index in [1.165, 1.54) is 19.3 Å². The predicted molar refractivity (Wildman–Crippen MR) is 59.7 cm³/mol. The standard InChI is InChI=1S/C13H22O2/c1-15-9-10-5-7-12(8-6-10)13(14)11-3-2-4-11/h10-12H,2-9H2,1H3. The molecule has 2 aliphatic rings. The van der Waals surface area contributed by atoms with E-state index in [-0.39, 0.29) is 0 Å². The third kappa shape index (κ3) is 2.60. The average Bonchev–Trinajstić information content (AvgIpc) is 2.16. The zero-order valence-electron chi connectivity index (χ0n) is 9.71. The molecular formula is C13H22O2. The van der Waals surface area contributed by atoms with E-state index in [0.717, 1.165) is 32.3 Å². The van der Waals surface area contributed by atoms with E-state index < -0.39 is 0 Å². The van der Waals surface area contributed by atoms with Gasteiger partial charge < -0.3 is 4.74 Å². The Bertz CT molecular complexity index is 213. The second kappa shape index (κ2) is 5.11. The number of hydrogen-bond donors (Lipinski definition) is 0. The van der Waals surface area contributed by atoms with Crippen molar-refractivity contribution in [2.75, 3.05) is 13.7 Å². The molecule has 0 aromatic heterocycles. The number of carbonyl (C=O) groups is 1. The van der Waals surface area contributed by atoms with E-state index in [0.29, 0.717) is 23.5 Å². The Hall–Kier alpha value is -0.370. The van der Waals surface area contributed by atoms with E-state index in [1.54, 1.807) is 7.11 Å². The van der Waals surface area contributed by atoms with E-state index in [9.17, 15) is 4.79 Å². The molecule has 0 spiro atoms. The summed E-state index contributed by atoms with van der Waals surface area (Å²) in [6, 6.07) is 0. The topological polar surface area (TPSA) is 26.3 Å². The first-order valence-electron chi connectivity index (χ1n) is 6.34. The highest BCUT2D eigenvalue weighted by Crippen LogP contribution is 2.36. The van der Waals surface area contributed by atoms with Crippen LogP contribution in [0.2, 0.25) is 0 Å². The summed E-state index contributed by atoms with van der Waals surface area (Å²) in [5.41, 5.74) is 0. The number of ketones is 1. The van der Waals surface area contributed by atoms with Crippen molar-refractivity contribution in [1.82, 2.24) is 0 Å². The summed E-state index contributed by atoms with van der Waals surface area (Å²) >= 11 is 0. The Kier molecular flexibility index (Phi) is 3.79. The molecule has 2 saturated carbocycles. The van der Waals surface area contributed by atoms with Gasteiger partial charge in [0.2, 0.25) is 0 Å². The van der Waals surface area contributed by atoms with Crippen LogP contribution in [0.3, 0.4) is 0 Å². The van der Waals surface area contributed by atoms with Crippen molar-refractivity contribution in [2.45, 2.75) is 44.9 Å². The molecule has 2 aliphatic carbocycles. The van der Waals surface area contributed by atoms with Crippen LogP contribution in [0.1, 0.15) is 44.9 Å². The Labute approximate surface area is 92.4 Å². The van der Waals surface area contributed by atoms with Gasteiger partial charge in [0.1, 0.15) is 5.78 Å². The fourth-order valence-corrected chi connectivity index (χ4v) is 2.88. The summed E-state index contributed by atoms with van der Waals surface area (Å²) in [5, 5.41) is 0. The van der Waals surface area contributed by atoms with Gasteiger partial charge in [-0.25, -0.2) is 0 Å². The fraction of sp³-hybridized carbons (Fsp3) is 0.923. The molecule has 15 heavy (non-hydrogen) atoms. The molecule has 2 heteroatoms. The highest BCUT2D eigenvalue weighted by atomic mass is 16.5. The van der Waals surface area contributed by atoms with Crippen LogP contribution < -0.4 is 0 Å². The Balaban J connectivity index is 1.74. The van der Waals surface area contributed by atoms with Gasteiger partial charge in [0.25, 0.3) is 0 Å². The minimum absolute atomic E-state index is 0.392. The van der Waals surface area contributed by atoms with Crippen LogP contribution in [0, 0.1) is 17.8 Å². The third-order valence-electron chi connectivity index (χ3n) is 4.16. The van der Waals surface area contributed by atoms with Crippen molar-refractivity contribution in [1.29, 1.82) is 0 Å². The van der Waals surface area contributed by atoms with Crippen molar-refractivity contribution in [3.8, 4) is 0 Å². The van der Waals surface area contributed by atoms with Crippen LogP contribution in [-0.2, 0) is 9.53 Å². The molecule has 86 valence electrons. The maximum atomic E-state index is 12.0. The molecule has 0 atom stereocenters. The molecule has 0 bridgehead atoms. The first-order chi connectivity index (χ1) is 7.31. The lowest BCUT2D eigenvalue weighted by Gasteiger charge is -2.32. The molecule has 0 heterocycles. The van der Waals surface area contributed by atoms with E-state index >= 15 is 0 Å². The third-order valence-corrected chi connectivity index (χ3v) is 4.16. The molecular weight excluding hydrogens is 188 g/mol. The first kappa shape index (κ1) is 11.1. The summed E-state index contributed by atoms with van der Waals surface area (Å²) in [4.78, 5) is 12.0. The molecule has 0 aromatic rings. The molecule has 0 N–H and O–H groups in total. The number of hydrogen-bond acceptors (Lipinski definition) is 2. The van der Waals surface area contributed by atoms with Crippen molar-refractivity contribution in [3.05, 3.63) is 0 Å². The Morgan fingerprint density at radius 3 is 2.13 bits per heavy atom. The van der Waals surface area contributed by atoms with Crippen LogP contribution in [0.5, 0.6) is 0 Å². The van der Waals surface area contributed by atoms with Gasteiger partial charge in [-0.2, -0.15) is 0 Å². The summed E-state index contributed by atoms with van der Waals surface area (Å²) in [7, 11) is 1.77. The number of ether oxygens (including phenoxy) is 1. The lowest BCUT2D eigenvalue weighted by molar-refractivity contribution is -0.130. The highest BCUT2D eigenvalue weighted by Gasteiger charge is 2.33. The van der Waals surface area contributed by atoms with E-state index in [2.05, 4.69) is 0 Å². The molecule has 0 aromatic carbocycles. The van der Waals surface area contributed by atoms with Gasteiger partial charge in [0, 0.05) is 25.6 Å². The number of rotatable bonds is 4. The van der Waals surface area contributed by atoms with Crippen LogP contribution in [-0.4, -0.2) is 19.5 Å². The van der Waals surface area contributed by atoms with Crippen molar-refractivity contribution >= 4 is 5.78 Å². The quantitative estimate of drug-likeness (QED) is 0.713. The Morgan fingerprint density at radius 1 is 1.07 bits per heavy atom. The lowest BCUT2D eigenvalue weighted by atomic mass is 9.72. The van der Waals surface area contributed by atoms with Gasteiger partial charge in [-0.05, 0) is 44.4 Å². The smallest absolute Gasteiger partial charge is 0.139 e. The Morgan fingerprint density at radius 2 is 1.67 bits per heavy atom. The monoisotopic (exact) mass is 210 g/mol. The number of methoxy groups -OCH3 is 1. The van der Waals surface area contributed by atoms with Crippen LogP contribution >= 0.6 is 0 Å². The second-order valence-electron chi connectivity index (χ2n) is 5.20. The van der Waals surface area contributed by atoms with Gasteiger partial charge in [0.05, 0.1) is 0 Å². The summed E-state index contributed by atoms with van der Waals surface area (Å²) < 4.78 is 5.17. The predicted octanol–water partition coefficient (Wildman–Crippen LogP) is 2.81. The molecule has 0 aliphatic heterocycles. The van der Waals surface area contributed by atoms with Crippen LogP contribution in [0.25, 0.3) is 0 Å². The average molecular weight is 210 g/mol. The molecule has 0 radical (unpaired) electrons. The molecule has 0 amide bonds. The zero-order valence-corrected chi connectivity index (χ0v) is 9.71. The minimum Gasteiger partial charge on any atom is -0.384 e. The molecule has 2 rings (SSSR count). The number of carbonyl (C=O) groups excluding carboxylic acids is 1. The van der Waals surface area contributed by atoms with Gasteiger partial charge in [-0.1, -0.05) is 6.42 Å². The summed E-state index contributed by atoms with van der Waals surface area (Å²) in [6.45, 7) is 0.879. The highest BCUT2D eigenvalue weighted by molar-refractivity contribution is 5.84.